The normalized spacial score (nSPS) is 22.0. The van der Waals surface area contributed by atoms with Crippen molar-refractivity contribution in [3.8, 4) is 0 Å². The topological polar surface area (TPSA) is 102 Å². The number of carbonyl (C=O) groups excluding carboxylic acids is 1. The zero-order chi connectivity index (χ0) is 22.3. The van der Waals surface area contributed by atoms with E-state index < -0.39 is 16.0 Å². The summed E-state index contributed by atoms with van der Waals surface area (Å²) < 4.78 is 34.3. The van der Waals surface area contributed by atoms with Crippen molar-refractivity contribution >= 4 is 16.0 Å². The van der Waals surface area contributed by atoms with Crippen molar-refractivity contribution in [1.29, 1.82) is 0 Å². The molecule has 168 valence electrons. The van der Waals surface area contributed by atoms with Gasteiger partial charge in [0.2, 0.25) is 0 Å². The molecule has 4 heterocycles. The molecule has 0 aromatic heterocycles. The molecule has 4 aliphatic rings. The predicted octanol–water partition coefficient (Wildman–Crippen LogP) is 1.28. The van der Waals surface area contributed by atoms with Gasteiger partial charge in [-0.3, -0.25) is 14.2 Å². The second-order valence-corrected chi connectivity index (χ2v) is 9.76. The van der Waals surface area contributed by atoms with Crippen LogP contribution in [0.2, 0.25) is 0 Å². The van der Waals surface area contributed by atoms with E-state index in [1.54, 1.807) is 23.1 Å². The van der Waals surface area contributed by atoms with Gasteiger partial charge in [-0.2, -0.15) is 8.42 Å². The second kappa shape index (κ2) is 8.23. The van der Waals surface area contributed by atoms with Crippen molar-refractivity contribution in [3.63, 3.8) is 0 Å². The molecule has 32 heavy (non-hydrogen) atoms. The van der Waals surface area contributed by atoms with Crippen LogP contribution in [-0.4, -0.2) is 60.9 Å². The van der Waals surface area contributed by atoms with Crippen LogP contribution in [-0.2, 0) is 27.9 Å². The lowest BCUT2D eigenvalue weighted by Gasteiger charge is -2.33. The summed E-state index contributed by atoms with van der Waals surface area (Å²) >= 11 is 0. The number of hydrogen-bond acceptors (Lipinski definition) is 6. The quantitative estimate of drug-likeness (QED) is 0.440. The summed E-state index contributed by atoms with van der Waals surface area (Å²) in [6.07, 6.45) is 8.55. The number of carbonyl (C=O) groups is 1. The minimum atomic E-state index is -4.59. The fraction of sp³-hybridized carbons (Fsp3) is 0.348. The predicted molar refractivity (Wildman–Crippen MR) is 121 cm³/mol. The summed E-state index contributed by atoms with van der Waals surface area (Å²) in [7, 11) is -4.59. The maximum absolute atomic E-state index is 12.9. The Labute approximate surface area is 187 Å². The van der Waals surface area contributed by atoms with Crippen molar-refractivity contribution in [2.45, 2.75) is 25.4 Å². The molecule has 0 bridgehead atoms. The van der Waals surface area contributed by atoms with Gasteiger partial charge < -0.3 is 15.5 Å². The SMILES string of the molecule is O=C(NCCCN1CCc2ccccc2C1)C1=CC2CNC3=CC=CC(=C1S(=O)(=O)O)N32. The van der Waals surface area contributed by atoms with Crippen molar-refractivity contribution < 1.29 is 17.8 Å². The van der Waals surface area contributed by atoms with Gasteiger partial charge in [-0.1, -0.05) is 30.3 Å². The molecule has 9 heteroatoms. The molecule has 4 aliphatic heterocycles. The van der Waals surface area contributed by atoms with Crippen molar-refractivity contribution in [3.05, 3.63) is 81.7 Å². The molecule has 1 amide bonds. The average molecular weight is 455 g/mol. The third-order valence-corrected chi connectivity index (χ3v) is 7.28. The highest BCUT2D eigenvalue weighted by molar-refractivity contribution is 7.90. The van der Waals surface area contributed by atoms with Gasteiger partial charge in [-0.05, 0) is 42.2 Å². The molecule has 1 aromatic rings. The molecule has 1 atom stereocenters. The van der Waals surface area contributed by atoms with Crippen molar-refractivity contribution in [2.24, 2.45) is 0 Å². The lowest BCUT2D eigenvalue weighted by atomic mass is 10.00. The summed E-state index contributed by atoms with van der Waals surface area (Å²) in [4.78, 5) is 16.8. The third-order valence-electron chi connectivity index (χ3n) is 6.34. The Kier molecular flexibility index (Phi) is 5.40. The van der Waals surface area contributed by atoms with E-state index in [2.05, 4.69) is 39.8 Å². The van der Waals surface area contributed by atoms with Crippen LogP contribution in [0.4, 0.5) is 0 Å². The summed E-state index contributed by atoms with van der Waals surface area (Å²) in [5.74, 6) is 0.276. The molecular weight excluding hydrogens is 428 g/mol. The average Bonchev–Trinajstić information content (AvgIpc) is 3.20. The minimum Gasteiger partial charge on any atom is -0.369 e. The summed E-state index contributed by atoms with van der Waals surface area (Å²) in [5, 5.41) is 6.05. The van der Waals surface area contributed by atoms with Gasteiger partial charge in [0.1, 0.15) is 10.7 Å². The monoisotopic (exact) mass is 454 g/mol. The van der Waals surface area contributed by atoms with Crippen LogP contribution in [0.3, 0.4) is 0 Å². The Morgan fingerprint density at radius 2 is 2.06 bits per heavy atom. The first-order chi connectivity index (χ1) is 15.4. The molecule has 0 radical (unpaired) electrons. The van der Waals surface area contributed by atoms with Crippen molar-refractivity contribution in [1.82, 2.24) is 20.4 Å². The van der Waals surface area contributed by atoms with Crippen LogP contribution in [0.1, 0.15) is 17.5 Å². The zero-order valence-electron chi connectivity index (χ0n) is 17.6. The first kappa shape index (κ1) is 21.0. The van der Waals surface area contributed by atoms with Gasteiger partial charge in [0.25, 0.3) is 16.0 Å². The van der Waals surface area contributed by atoms with Gasteiger partial charge in [-0.15, -0.1) is 0 Å². The first-order valence-electron chi connectivity index (χ1n) is 10.8. The van der Waals surface area contributed by atoms with Crippen LogP contribution in [0.25, 0.3) is 0 Å². The number of nitrogens with zero attached hydrogens (tertiary/aromatic N) is 2. The van der Waals surface area contributed by atoms with Crippen LogP contribution in [0, 0.1) is 0 Å². The lowest BCUT2D eigenvalue weighted by Crippen LogP contribution is -2.39. The third kappa shape index (κ3) is 3.87. The van der Waals surface area contributed by atoms with Crippen LogP contribution >= 0.6 is 0 Å². The van der Waals surface area contributed by atoms with E-state index in [4.69, 9.17) is 0 Å². The molecule has 8 nitrogen and oxygen atoms in total. The van der Waals surface area contributed by atoms with Gasteiger partial charge in [0.05, 0.1) is 17.3 Å². The Morgan fingerprint density at radius 1 is 1.25 bits per heavy atom. The highest BCUT2D eigenvalue weighted by Gasteiger charge is 2.41. The van der Waals surface area contributed by atoms with E-state index in [1.165, 1.54) is 11.1 Å². The van der Waals surface area contributed by atoms with Gasteiger partial charge in [0, 0.05) is 32.7 Å². The molecule has 0 spiro atoms. The fourth-order valence-corrected chi connectivity index (χ4v) is 5.71. The molecule has 0 saturated carbocycles. The van der Waals surface area contributed by atoms with Crippen LogP contribution in [0.5, 0.6) is 0 Å². The van der Waals surface area contributed by atoms with Crippen LogP contribution < -0.4 is 10.6 Å². The van der Waals surface area contributed by atoms with E-state index in [9.17, 15) is 17.8 Å². The van der Waals surface area contributed by atoms with E-state index in [-0.39, 0.29) is 16.5 Å². The molecule has 1 fully saturated rings. The number of hydrogen-bond donors (Lipinski definition) is 3. The summed E-state index contributed by atoms with van der Waals surface area (Å²) in [6, 6.07) is 8.28. The number of fused-ring (bicyclic) bond motifs is 1. The largest absolute Gasteiger partial charge is 0.369 e. The van der Waals surface area contributed by atoms with Gasteiger partial charge >= 0.3 is 0 Å². The minimum absolute atomic E-state index is 0.00486. The lowest BCUT2D eigenvalue weighted by molar-refractivity contribution is -0.117. The van der Waals surface area contributed by atoms with Crippen LogP contribution in [0.15, 0.2) is 70.6 Å². The van der Waals surface area contributed by atoms with E-state index in [0.717, 1.165) is 38.3 Å². The maximum atomic E-state index is 12.9. The number of benzene rings is 1. The van der Waals surface area contributed by atoms with Crippen molar-refractivity contribution in [2.75, 3.05) is 26.2 Å². The molecular formula is C23H26N4O4S. The highest BCUT2D eigenvalue weighted by atomic mass is 32.2. The summed E-state index contributed by atoms with van der Waals surface area (Å²) in [6.45, 7) is 3.72. The van der Waals surface area contributed by atoms with Gasteiger partial charge in [-0.25, -0.2) is 0 Å². The van der Waals surface area contributed by atoms with E-state index >= 15 is 0 Å². The standard InChI is InChI=1S/C23H26N4O4S/c28-23(24-10-4-11-26-12-9-16-5-1-2-6-17(16)15-26)19-13-18-14-25-21-8-3-7-20(27(18)21)22(19)32(29,30)31/h1-3,5-8,13,18,25H,4,9-12,14-15H2,(H,24,28)(H,29,30,31). The second-order valence-electron chi connectivity index (χ2n) is 8.40. The molecule has 1 unspecified atom stereocenters. The first-order valence-corrected chi connectivity index (χ1v) is 12.3. The number of rotatable bonds is 6. The Morgan fingerprint density at radius 3 is 2.88 bits per heavy atom. The van der Waals surface area contributed by atoms with E-state index in [0.29, 0.717) is 18.8 Å². The molecule has 0 aliphatic carbocycles. The number of amides is 1. The smallest absolute Gasteiger partial charge is 0.297 e. The maximum Gasteiger partial charge on any atom is 0.297 e. The fourth-order valence-electron chi connectivity index (χ4n) is 4.84. The van der Waals surface area contributed by atoms with Gasteiger partial charge in [0.15, 0.2) is 0 Å². The molecule has 1 aromatic carbocycles. The number of allylic oxidation sites excluding steroid dienone is 3. The number of nitrogens with one attached hydrogen (secondary N) is 2. The molecule has 1 saturated heterocycles. The Hall–Kier alpha value is -2.88. The summed E-state index contributed by atoms with van der Waals surface area (Å²) in [5.41, 5.74) is 3.07. The zero-order valence-corrected chi connectivity index (χ0v) is 18.4. The highest BCUT2D eigenvalue weighted by Crippen LogP contribution is 2.37. The molecule has 5 rings (SSSR count). The molecule has 3 N–H and O–H groups in total. The Balaban J connectivity index is 1.24. The Bertz CT molecular complexity index is 1180. The van der Waals surface area contributed by atoms with E-state index in [1.807, 2.05) is 6.08 Å².